The molecule has 0 saturated carbocycles. The topological polar surface area (TPSA) is 83.9 Å². The van der Waals surface area contributed by atoms with E-state index in [1.54, 1.807) is 24.3 Å². The molecule has 2 aromatic heterocycles. The van der Waals surface area contributed by atoms with Crippen LogP contribution < -0.4 is 9.47 Å². The smallest absolute Gasteiger partial charge is 0.338 e. The summed E-state index contributed by atoms with van der Waals surface area (Å²) in [5, 5.41) is 4.16. The van der Waals surface area contributed by atoms with Crippen molar-refractivity contribution in [3.05, 3.63) is 52.9 Å². The van der Waals surface area contributed by atoms with Crippen molar-refractivity contribution >= 4 is 17.6 Å². The Bertz CT molecular complexity index is 918. The minimum Gasteiger partial charge on any atom is -0.489 e. The maximum atomic E-state index is 12.3. The van der Waals surface area contributed by atoms with Gasteiger partial charge in [-0.05, 0) is 24.3 Å². The molecule has 8 heteroatoms. The first-order valence-electron chi connectivity index (χ1n) is 7.96. The molecule has 3 aromatic rings. The Balaban J connectivity index is 1.45. The third-order valence-corrected chi connectivity index (χ3v) is 3.99. The largest absolute Gasteiger partial charge is 0.489 e. The molecule has 1 aromatic carbocycles. The van der Waals surface area contributed by atoms with Crippen molar-refractivity contribution in [2.24, 2.45) is 0 Å². The number of furan rings is 1. The van der Waals surface area contributed by atoms with Crippen LogP contribution in [-0.2, 0) is 11.3 Å². The first-order valence-corrected chi connectivity index (χ1v) is 8.34. The van der Waals surface area contributed by atoms with E-state index >= 15 is 0 Å². The number of benzene rings is 1. The summed E-state index contributed by atoms with van der Waals surface area (Å²) in [5.74, 6) is 1.33. The number of carbonyl (C=O) groups excluding carboxylic acids is 1. The minimum atomic E-state index is -0.551. The summed E-state index contributed by atoms with van der Waals surface area (Å²) in [6.45, 7) is 0.964. The van der Waals surface area contributed by atoms with Crippen LogP contribution in [0.5, 0.6) is 11.5 Å². The Morgan fingerprint density at radius 2 is 2.08 bits per heavy atom. The second-order valence-corrected chi connectivity index (χ2v) is 5.98. The van der Waals surface area contributed by atoms with E-state index in [2.05, 4.69) is 5.16 Å². The summed E-state index contributed by atoms with van der Waals surface area (Å²) in [6, 6.07) is 8.19. The molecule has 7 nitrogen and oxygen atoms in total. The van der Waals surface area contributed by atoms with Gasteiger partial charge in [-0.1, -0.05) is 16.8 Å². The van der Waals surface area contributed by atoms with Gasteiger partial charge in [-0.3, -0.25) is 0 Å². The number of ether oxygens (including phenoxy) is 3. The molecule has 0 unspecified atom stereocenters. The Hall–Kier alpha value is -2.93. The zero-order valence-corrected chi connectivity index (χ0v) is 14.3. The van der Waals surface area contributed by atoms with Gasteiger partial charge in [0.2, 0.25) is 5.76 Å². The summed E-state index contributed by atoms with van der Waals surface area (Å²) in [6.07, 6.45) is 2.28. The van der Waals surface area contributed by atoms with Gasteiger partial charge >= 0.3 is 5.97 Å². The molecular weight excluding hydrogens is 362 g/mol. The van der Waals surface area contributed by atoms with Crippen LogP contribution in [0.25, 0.3) is 11.5 Å². The Morgan fingerprint density at radius 3 is 2.92 bits per heavy atom. The van der Waals surface area contributed by atoms with Crippen molar-refractivity contribution in [3.63, 3.8) is 0 Å². The third-order valence-electron chi connectivity index (χ3n) is 3.71. The number of esters is 1. The van der Waals surface area contributed by atoms with Crippen molar-refractivity contribution in [1.29, 1.82) is 0 Å². The van der Waals surface area contributed by atoms with Crippen molar-refractivity contribution in [2.75, 3.05) is 13.2 Å². The standard InChI is InChI=1S/C18H14ClNO6/c19-13-7-11(8-16-17(13)24-6-2-5-23-16)18(21)25-10-12-9-15(26-20-12)14-3-1-4-22-14/h1,3-4,7-9H,2,5-6,10H2. The van der Waals surface area contributed by atoms with E-state index in [-0.39, 0.29) is 12.2 Å². The fraction of sp³-hybridized carbons (Fsp3) is 0.222. The molecule has 1 aliphatic rings. The fourth-order valence-electron chi connectivity index (χ4n) is 2.49. The first-order chi connectivity index (χ1) is 12.7. The lowest BCUT2D eigenvalue weighted by Gasteiger charge is -2.11. The van der Waals surface area contributed by atoms with Crippen LogP contribution >= 0.6 is 11.6 Å². The molecule has 0 saturated heterocycles. The summed E-state index contributed by atoms with van der Waals surface area (Å²) in [7, 11) is 0. The lowest BCUT2D eigenvalue weighted by atomic mass is 10.2. The van der Waals surface area contributed by atoms with E-state index in [0.29, 0.717) is 46.9 Å². The van der Waals surface area contributed by atoms with Crippen LogP contribution in [0.3, 0.4) is 0 Å². The average molecular weight is 376 g/mol. The molecule has 1 aliphatic heterocycles. The summed E-state index contributed by atoms with van der Waals surface area (Å²) in [4.78, 5) is 12.3. The minimum absolute atomic E-state index is 0.0465. The predicted octanol–water partition coefficient (Wildman–Crippen LogP) is 4.11. The van der Waals surface area contributed by atoms with Gasteiger partial charge in [0.05, 0.1) is 30.1 Å². The van der Waals surface area contributed by atoms with Crippen LogP contribution in [0.2, 0.25) is 5.02 Å². The molecule has 0 amide bonds. The van der Waals surface area contributed by atoms with Gasteiger partial charge in [0, 0.05) is 12.5 Å². The van der Waals surface area contributed by atoms with Crippen LogP contribution in [0.15, 0.2) is 45.5 Å². The van der Waals surface area contributed by atoms with E-state index in [9.17, 15) is 4.79 Å². The maximum absolute atomic E-state index is 12.3. The highest BCUT2D eigenvalue weighted by Crippen LogP contribution is 2.38. The predicted molar refractivity (Wildman–Crippen MR) is 90.4 cm³/mol. The third kappa shape index (κ3) is 3.39. The number of hydrogen-bond donors (Lipinski definition) is 0. The van der Waals surface area contributed by atoms with Gasteiger partial charge in [-0.2, -0.15) is 0 Å². The van der Waals surface area contributed by atoms with Gasteiger partial charge in [0.25, 0.3) is 0 Å². The van der Waals surface area contributed by atoms with Crippen LogP contribution in [0, 0.1) is 0 Å². The van der Waals surface area contributed by atoms with Crippen molar-refractivity contribution in [2.45, 2.75) is 13.0 Å². The average Bonchev–Trinajstić information content (AvgIpc) is 3.27. The van der Waals surface area contributed by atoms with Crippen LogP contribution in [-0.4, -0.2) is 24.3 Å². The van der Waals surface area contributed by atoms with E-state index in [1.807, 2.05) is 0 Å². The molecule has 0 bridgehead atoms. The van der Waals surface area contributed by atoms with Crippen LogP contribution in [0.4, 0.5) is 0 Å². The normalized spacial score (nSPS) is 13.3. The monoisotopic (exact) mass is 375 g/mol. The molecular formula is C18H14ClNO6. The lowest BCUT2D eigenvalue weighted by Crippen LogP contribution is -2.06. The van der Waals surface area contributed by atoms with Gasteiger partial charge in [0.15, 0.2) is 17.3 Å². The first kappa shape index (κ1) is 16.5. The Labute approximate surface area is 153 Å². The van der Waals surface area contributed by atoms with Gasteiger partial charge in [-0.15, -0.1) is 0 Å². The Kier molecular flexibility index (Phi) is 4.53. The summed E-state index contributed by atoms with van der Waals surface area (Å²) in [5.41, 5.74) is 0.735. The Morgan fingerprint density at radius 1 is 1.19 bits per heavy atom. The number of carbonyl (C=O) groups is 1. The molecule has 0 radical (unpaired) electrons. The molecule has 0 aliphatic carbocycles. The molecule has 134 valence electrons. The number of rotatable bonds is 4. The molecule has 0 spiro atoms. The molecule has 4 rings (SSSR count). The molecule has 3 heterocycles. The number of halogens is 1. The molecule has 0 atom stereocenters. The summed E-state index contributed by atoms with van der Waals surface area (Å²) < 4.78 is 26.8. The highest BCUT2D eigenvalue weighted by molar-refractivity contribution is 6.32. The van der Waals surface area contributed by atoms with Crippen molar-refractivity contribution in [3.8, 4) is 23.0 Å². The quantitative estimate of drug-likeness (QED) is 0.634. The molecule has 0 fully saturated rings. The zero-order chi connectivity index (χ0) is 17.9. The SMILES string of the molecule is O=C(OCc1cc(-c2ccco2)on1)c1cc(Cl)c2c(c1)OCCCO2. The summed E-state index contributed by atoms with van der Waals surface area (Å²) >= 11 is 6.19. The second-order valence-electron chi connectivity index (χ2n) is 5.57. The number of aromatic nitrogens is 1. The van der Waals surface area contributed by atoms with E-state index in [4.69, 9.17) is 34.8 Å². The number of fused-ring (bicyclic) bond motifs is 1. The number of hydrogen-bond acceptors (Lipinski definition) is 7. The highest BCUT2D eigenvalue weighted by Gasteiger charge is 2.19. The maximum Gasteiger partial charge on any atom is 0.338 e. The van der Waals surface area contributed by atoms with E-state index < -0.39 is 5.97 Å². The van der Waals surface area contributed by atoms with Crippen molar-refractivity contribution in [1.82, 2.24) is 5.16 Å². The second kappa shape index (κ2) is 7.13. The van der Waals surface area contributed by atoms with Crippen LogP contribution in [0.1, 0.15) is 22.5 Å². The zero-order valence-electron chi connectivity index (χ0n) is 13.6. The highest BCUT2D eigenvalue weighted by atomic mass is 35.5. The van der Waals surface area contributed by atoms with Gasteiger partial charge in [-0.25, -0.2) is 4.79 Å². The van der Waals surface area contributed by atoms with Gasteiger partial charge in [0.1, 0.15) is 12.3 Å². The van der Waals surface area contributed by atoms with E-state index in [1.165, 1.54) is 12.3 Å². The lowest BCUT2D eigenvalue weighted by molar-refractivity contribution is 0.0464. The van der Waals surface area contributed by atoms with Crippen molar-refractivity contribution < 1.29 is 27.9 Å². The number of nitrogens with zero attached hydrogens (tertiary/aromatic N) is 1. The van der Waals surface area contributed by atoms with E-state index in [0.717, 1.165) is 6.42 Å². The molecule has 0 N–H and O–H groups in total. The van der Waals surface area contributed by atoms with Gasteiger partial charge < -0.3 is 23.2 Å². The molecule has 26 heavy (non-hydrogen) atoms. The fourth-order valence-corrected chi connectivity index (χ4v) is 2.75.